The zero-order valence-electron chi connectivity index (χ0n) is 15.3. The van der Waals surface area contributed by atoms with E-state index in [0.29, 0.717) is 31.9 Å². The third-order valence-corrected chi connectivity index (χ3v) is 6.93. The van der Waals surface area contributed by atoms with Gasteiger partial charge in [0.2, 0.25) is 15.9 Å². The Morgan fingerprint density at radius 3 is 2.67 bits per heavy atom. The Morgan fingerprint density at radius 1 is 1.26 bits per heavy atom. The molecule has 1 N–H and O–H groups in total. The molecule has 1 aromatic heterocycles. The van der Waals surface area contributed by atoms with Gasteiger partial charge < -0.3 is 10.2 Å². The van der Waals surface area contributed by atoms with E-state index in [2.05, 4.69) is 15.2 Å². The third kappa shape index (κ3) is 5.01. The summed E-state index contributed by atoms with van der Waals surface area (Å²) in [5.41, 5.74) is 1.16. The van der Waals surface area contributed by atoms with E-state index in [4.69, 9.17) is 0 Å². The van der Waals surface area contributed by atoms with Crippen LogP contribution in [0.2, 0.25) is 0 Å². The second-order valence-electron chi connectivity index (χ2n) is 6.35. The van der Waals surface area contributed by atoms with Crippen LogP contribution in [0.25, 0.3) is 6.08 Å². The van der Waals surface area contributed by atoms with Crippen LogP contribution in [0.3, 0.4) is 0 Å². The lowest BCUT2D eigenvalue weighted by atomic mass is 10.3. The molecular formula is C18H22N4O3S2. The minimum Gasteiger partial charge on any atom is -0.322 e. The number of piperazine rings is 1. The first-order valence-electron chi connectivity index (χ1n) is 8.54. The molecule has 1 aliphatic rings. The lowest BCUT2D eigenvalue weighted by Gasteiger charge is -2.31. The summed E-state index contributed by atoms with van der Waals surface area (Å²) < 4.78 is 27.1. The molecular weight excluding hydrogens is 384 g/mol. The second-order valence-corrected chi connectivity index (χ2v) is 9.35. The number of aryl methyl sites for hydroxylation is 1. The normalized spacial score (nSPS) is 16.7. The van der Waals surface area contributed by atoms with Gasteiger partial charge in [0, 0.05) is 43.3 Å². The molecule has 0 radical (unpaired) electrons. The van der Waals surface area contributed by atoms with E-state index in [-0.39, 0.29) is 10.8 Å². The van der Waals surface area contributed by atoms with Gasteiger partial charge in [-0.2, -0.15) is 4.31 Å². The van der Waals surface area contributed by atoms with E-state index >= 15 is 0 Å². The smallest absolute Gasteiger partial charge is 0.248 e. The molecule has 1 fully saturated rings. The maximum Gasteiger partial charge on any atom is 0.248 e. The van der Waals surface area contributed by atoms with Crippen molar-refractivity contribution in [2.45, 2.75) is 11.8 Å². The van der Waals surface area contributed by atoms with E-state index in [1.54, 1.807) is 24.3 Å². The van der Waals surface area contributed by atoms with Gasteiger partial charge in [-0.1, -0.05) is 6.07 Å². The number of nitrogens with one attached hydrogen (secondary N) is 1. The predicted molar refractivity (Wildman–Crippen MR) is 107 cm³/mol. The number of anilines is 1. The molecule has 1 aliphatic heterocycles. The van der Waals surface area contributed by atoms with Gasteiger partial charge in [-0.05, 0) is 38.2 Å². The van der Waals surface area contributed by atoms with Crippen molar-refractivity contribution in [3.63, 3.8) is 0 Å². The van der Waals surface area contributed by atoms with Crippen LogP contribution < -0.4 is 5.32 Å². The number of amides is 1. The summed E-state index contributed by atoms with van der Waals surface area (Å²) in [4.78, 5) is 18.6. The molecule has 2 heterocycles. The Labute approximate surface area is 163 Å². The molecule has 144 valence electrons. The first-order chi connectivity index (χ1) is 12.8. The molecule has 1 aromatic carbocycles. The van der Waals surface area contributed by atoms with Gasteiger partial charge >= 0.3 is 0 Å². The number of carbonyl (C=O) groups is 1. The molecule has 2 aromatic rings. The quantitative estimate of drug-likeness (QED) is 0.769. The van der Waals surface area contributed by atoms with Gasteiger partial charge in [-0.3, -0.25) is 4.79 Å². The standard InChI is InChI=1S/C18H22N4O3S2/c1-14-19-16(13-26-14)6-7-18(23)20-15-4-3-5-17(12-15)27(24,25)22-10-8-21(2)9-11-22/h3-7,12-13H,8-11H2,1-2H3,(H,20,23)/b7-6+. The number of nitrogens with zero attached hydrogens (tertiary/aromatic N) is 3. The van der Waals surface area contributed by atoms with Crippen molar-refractivity contribution in [3.05, 3.63) is 46.4 Å². The van der Waals surface area contributed by atoms with Gasteiger partial charge in [-0.25, -0.2) is 13.4 Å². The Hall–Kier alpha value is -2.07. The number of likely N-dealkylation sites (N-methyl/N-ethyl adjacent to an activating group) is 1. The summed E-state index contributed by atoms with van der Waals surface area (Å²) >= 11 is 1.51. The summed E-state index contributed by atoms with van der Waals surface area (Å²) in [5.74, 6) is -0.338. The van der Waals surface area contributed by atoms with Crippen molar-refractivity contribution in [2.75, 3.05) is 38.5 Å². The fourth-order valence-electron chi connectivity index (χ4n) is 2.71. The van der Waals surface area contributed by atoms with Crippen LogP contribution in [-0.2, 0) is 14.8 Å². The monoisotopic (exact) mass is 406 g/mol. The zero-order valence-corrected chi connectivity index (χ0v) is 16.9. The van der Waals surface area contributed by atoms with Crippen molar-refractivity contribution in [3.8, 4) is 0 Å². The highest BCUT2D eigenvalue weighted by atomic mass is 32.2. The fraction of sp³-hybridized carbons (Fsp3) is 0.333. The lowest BCUT2D eigenvalue weighted by molar-refractivity contribution is -0.111. The average molecular weight is 407 g/mol. The molecule has 0 atom stereocenters. The first-order valence-corrected chi connectivity index (χ1v) is 10.9. The number of aromatic nitrogens is 1. The topological polar surface area (TPSA) is 82.6 Å². The Kier molecular flexibility index (Phi) is 6.05. The van der Waals surface area contributed by atoms with E-state index in [1.807, 2.05) is 19.4 Å². The maximum absolute atomic E-state index is 12.8. The number of hydrogen-bond acceptors (Lipinski definition) is 6. The van der Waals surface area contributed by atoms with Crippen LogP contribution >= 0.6 is 11.3 Å². The van der Waals surface area contributed by atoms with Crippen LogP contribution in [0.5, 0.6) is 0 Å². The van der Waals surface area contributed by atoms with Crippen LogP contribution in [0.4, 0.5) is 5.69 Å². The summed E-state index contributed by atoms with van der Waals surface area (Å²) in [7, 11) is -1.59. The SMILES string of the molecule is Cc1nc(/C=C/C(=O)Nc2cccc(S(=O)(=O)N3CCN(C)CC3)c2)cs1. The number of carbonyl (C=O) groups excluding carboxylic acids is 1. The molecule has 3 rings (SSSR count). The highest BCUT2D eigenvalue weighted by molar-refractivity contribution is 7.89. The van der Waals surface area contributed by atoms with Crippen LogP contribution in [-0.4, -0.2) is 61.7 Å². The predicted octanol–water partition coefficient (Wildman–Crippen LogP) is 2.04. The number of thiazole rings is 1. The van der Waals surface area contributed by atoms with E-state index in [9.17, 15) is 13.2 Å². The van der Waals surface area contributed by atoms with Gasteiger partial charge in [0.05, 0.1) is 15.6 Å². The van der Waals surface area contributed by atoms with Gasteiger partial charge in [0.15, 0.2) is 0 Å². The van der Waals surface area contributed by atoms with Crippen molar-refractivity contribution >= 4 is 39.0 Å². The highest BCUT2D eigenvalue weighted by Gasteiger charge is 2.27. The number of rotatable bonds is 5. The summed E-state index contributed by atoms with van der Waals surface area (Å²) in [6, 6.07) is 6.34. The Morgan fingerprint density at radius 2 is 2.00 bits per heavy atom. The minimum atomic E-state index is -3.57. The van der Waals surface area contributed by atoms with Gasteiger partial charge in [0.1, 0.15) is 0 Å². The van der Waals surface area contributed by atoms with Crippen molar-refractivity contribution in [2.24, 2.45) is 0 Å². The molecule has 27 heavy (non-hydrogen) atoms. The summed E-state index contributed by atoms with van der Waals surface area (Å²) in [6.07, 6.45) is 3.01. The van der Waals surface area contributed by atoms with Crippen LogP contribution in [0.1, 0.15) is 10.7 Å². The summed E-state index contributed by atoms with van der Waals surface area (Å²) in [5, 5.41) is 5.49. The molecule has 0 bridgehead atoms. The molecule has 0 aliphatic carbocycles. The lowest BCUT2D eigenvalue weighted by Crippen LogP contribution is -2.47. The molecule has 0 spiro atoms. The summed E-state index contributed by atoms with van der Waals surface area (Å²) in [6.45, 7) is 4.23. The molecule has 9 heteroatoms. The molecule has 1 amide bonds. The zero-order chi connectivity index (χ0) is 19.4. The molecule has 0 saturated carbocycles. The van der Waals surface area contributed by atoms with E-state index in [1.165, 1.54) is 27.8 Å². The molecule has 0 unspecified atom stereocenters. The van der Waals surface area contributed by atoms with Crippen LogP contribution in [0.15, 0.2) is 40.6 Å². The highest BCUT2D eigenvalue weighted by Crippen LogP contribution is 2.21. The van der Waals surface area contributed by atoms with Gasteiger partial charge in [-0.15, -0.1) is 11.3 Å². The average Bonchev–Trinajstić information content (AvgIpc) is 3.06. The van der Waals surface area contributed by atoms with Crippen molar-refractivity contribution in [1.82, 2.24) is 14.2 Å². The van der Waals surface area contributed by atoms with E-state index < -0.39 is 10.0 Å². The molecule has 7 nitrogen and oxygen atoms in total. The van der Waals surface area contributed by atoms with Crippen molar-refractivity contribution < 1.29 is 13.2 Å². The molecule has 1 saturated heterocycles. The largest absolute Gasteiger partial charge is 0.322 e. The minimum absolute atomic E-state index is 0.184. The Balaban J connectivity index is 1.69. The number of hydrogen-bond donors (Lipinski definition) is 1. The second kappa shape index (κ2) is 8.30. The number of benzene rings is 1. The van der Waals surface area contributed by atoms with Crippen molar-refractivity contribution in [1.29, 1.82) is 0 Å². The van der Waals surface area contributed by atoms with Crippen LogP contribution in [0, 0.1) is 6.92 Å². The van der Waals surface area contributed by atoms with Gasteiger partial charge in [0.25, 0.3) is 0 Å². The fourth-order valence-corrected chi connectivity index (χ4v) is 4.76. The first kappa shape index (κ1) is 19.7. The Bertz CT molecular complexity index is 945. The third-order valence-electron chi connectivity index (χ3n) is 4.24. The number of sulfonamides is 1. The van der Waals surface area contributed by atoms with E-state index in [0.717, 1.165) is 10.7 Å². The maximum atomic E-state index is 12.8.